The van der Waals surface area contributed by atoms with Gasteiger partial charge in [-0.2, -0.15) is 0 Å². The number of nitrogens with two attached hydrogens (primary N) is 1. The fourth-order valence-electron chi connectivity index (χ4n) is 1.41. The van der Waals surface area contributed by atoms with Gasteiger partial charge in [0.05, 0.1) is 5.69 Å². The number of rotatable bonds is 6. The Bertz CT molecular complexity index is 451. The van der Waals surface area contributed by atoms with Crippen molar-refractivity contribution in [2.75, 3.05) is 18.4 Å². The summed E-state index contributed by atoms with van der Waals surface area (Å²) >= 11 is 4.75. The average molecular weight is 269 g/mol. The lowest BCUT2D eigenvalue weighted by molar-refractivity contribution is -0.120. The van der Waals surface area contributed by atoms with Crippen LogP contribution in [0, 0.1) is 5.82 Å². The fraction of sp³-hybridized carbons (Fsp3) is 0.333. The van der Waals surface area contributed by atoms with E-state index >= 15 is 0 Å². The SMILES string of the molecule is CCNC(=O)CCNc1ccc(C(N)=S)cc1F. The molecule has 0 unspecified atom stereocenters. The molecule has 0 spiro atoms. The number of hydrogen-bond donors (Lipinski definition) is 3. The molecule has 18 heavy (non-hydrogen) atoms. The predicted octanol–water partition coefficient (Wildman–Crippen LogP) is 1.40. The van der Waals surface area contributed by atoms with Gasteiger partial charge in [0, 0.05) is 25.1 Å². The maximum absolute atomic E-state index is 13.6. The predicted molar refractivity (Wildman–Crippen MR) is 74.1 cm³/mol. The number of carbonyl (C=O) groups is 1. The molecule has 4 nitrogen and oxygen atoms in total. The highest BCUT2D eigenvalue weighted by Crippen LogP contribution is 2.15. The molecule has 0 aromatic heterocycles. The molecule has 1 aromatic carbocycles. The Morgan fingerprint density at radius 1 is 1.50 bits per heavy atom. The summed E-state index contributed by atoms with van der Waals surface area (Å²) in [5.41, 5.74) is 6.21. The lowest BCUT2D eigenvalue weighted by Gasteiger charge is -2.08. The third-order valence-corrected chi connectivity index (χ3v) is 2.53. The van der Waals surface area contributed by atoms with Crippen molar-refractivity contribution in [1.82, 2.24) is 5.32 Å². The number of nitrogens with one attached hydrogen (secondary N) is 2. The normalized spacial score (nSPS) is 9.89. The fourth-order valence-corrected chi connectivity index (χ4v) is 1.53. The van der Waals surface area contributed by atoms with Crippen molar-refractivity contribution >= 4 is 28.8 Å². The van der Waals surface area contributed by atoms with Crippen LogP contribution in [0.4, 0.5) is 10.1 Å². The van der Waals surface area contributed by atoms with Gasteiger partial charge in [0.1, 0.15) is 10.8 Å². The van der Waals surface area contributed by atoms with Gasteiger partial charge in [-0.3, -0.25) is 4.79 Å². The lowest BCUT2D eigenvalue weighted by Crippen LogP contribution is -2.24. The van der Waals surface area contributed by atoms with Gasteiger partial charge in [0.25, 0.3) is 0 Å². The van der Waals surface area contributed by atoms with Crippen molar-refractivity contribution in [2.45, 2.75) is 13.3 Å². The number of amides is 1. The first kappa shape index (κ1) is 14.4. The largest absolute Gasteiger partial charge is 0.389 e. The van der Waals surface area contributed by atoms with Gasteiger partial charge >= 0.3 is 0 Å². The second-order valence-corrected chi connectivity index (χ2v) is 4.13. The summed E-state index contributed by atoms with van der Waals surface area (Å²) in [6.45, 7) is 2.81. The molecule has 0 heterocycles. The second kappa shape index (κ2) is 6.90. The third kappa shape index (κ3) is 4.29. The molecule has 0 saturated heterocycles. The molecule has 0 aliphatic carbocycles. The van der Waals surface area contributed by atoms with Gasteiger partial charge < -0.3 is 16.4 Å². The Kier molecular flexibility index (Phi) is 5.51. The Balaban J connectivity index is 2.53. The Labute approximate surface area is 111 Å². The van der Waals surface area contributed by atoms with Gasteiger partial charge in [-0.1, -0.05) is 12.2 Å². The molecule has 0 aliphatic rings. The lowest BCUT2D eigenvalue weighted by atomic mass is 10.2. The Morgan fingerprint density at radius 2 is 2.22 bits per heavy atom. The minimum Gasteiger partial charge on any atom is -0.389 e. The Morgan fingerprint density at radius 3 is 2.78 bits per heavy atom. The zero-order valence-corrected chi connectivity index (χ0v) is 10.9. The van der Waals surface area contributed by atoms with Crippen molar-refractivity contribution in [3.63, 3.8) is 0 Å². The van der Waals surface area contributed by atoms with Crippen LogP contribution in [0.1, 0.15) is 18.9 Å². The van der Waals surface area contributed by atoms with Crippen LogP contribution in [0.5, 0.6) is 0 Å². The van der Waals surface area contributed by atoms with Gasteiger partial charge in [-0.25, -0.2) is 4.39 Å². The quantitative estimate of drug-likeness (QED) is 0.683. The zero-order chi connectivity index (χ0) is 13.5. The van der Waals surface area contributed by atoms with Gasteiger partial charge in [0.15, 0.2) is 0 Å². The van der Waals surface area contributed by atoms with E-state index in [-0.39, 0.29) is 10.9 Å². The summed E-state index contributed by atoms with van der Waals surface area (Å²) in [6, 6.07) is 4.47. The number of carbonyl (C=O) groups excluding carboxylic acids is 1. The zero-order valence-electron chi connectivity index (χ0n) is 10.1. The van der Waals surface area contributed by atoms with Gasteiger partial charge in [0.2, 0.25) is 5.91 Å². The highest BCUT2D eigenvalue weighted by atomic mass is 32.1. The molecule has 1 rings (SSSR count). The van der Waals surface area contributed by atoms with Crippen LogP contribution in [0.25, 0.3) is 0 Å². The van der Waals surface area contributed by atoms with Crippen LogP contribution >= 0.6 is 12.2 Å². The van der Waals surface area contributed by atoms with Crippen LogP contribution in [0.2, 0.25) is 0 Å². The highest BCUT2D eigenvalue weighted by Gasteiger charge is 2.05. The number of benzene rings is 1. The van der Waals surface area contributed by atoms with E-state index in [1.54, 1.807) is 12.1 Å². The first-order valence-corrected chi connectivity index (χ1v) is 6.05. The molecule has 0 fully saturated rings. The Hall–Kier alpha value is -1.69. The third-order valence-electron chi connectivity index (χ3n) is 2.30. The minimum atomic E-state index is -0.434. The smallest absolute Gasteiger partial charge is 0.221 e. The first-order chi connectivity index (χ1) is 8.54. The molecule has 4 N–H and O–H groups in total. The van der Waals surface area contributed by atoms with Crippen LogP contribution in [-0.4, -0.2) is 24.0 Å². The van der Waals surface area contributed by atoms with Crippen molar-refractivity contribution in [3.05, 3.63) is 29.6 Å². The summed E-state index contributed by atoms with van der Waals surface area (Å²) in [4.78, 5) is 11.3. The topological polar surface area (TPSA) is 67.2 Å². The molecule has 1 aromatic rings. The van der Waals surface area contributed by atoms with E-state index in [1.165, 1.54) is 6.07 Å². The van der Waals surface area contributed by atoms with E-state index in [4.69, 9.17) is 18.0 Å². The van der Waals surface area contributed by atoms with Crippen LogP contribution in [0.3, 0.4) is 0 Å². The van der Waals surface area contributed by atoms with Crippen molar-refractivity contribution in [2.24, 2.45) is 5.73 Å². The number of halogens is 1. The van der Waals surface area contributed by atoms with E-state index in [0.717, 1.165) is 0 Å². The summed E-state index contributed by atoms with van der Waals surface area (Å²) in [7, 11) is 0. The molecule has 1 amide bonds. The highest BCUT2D eigenvalue weighted by molar-refractivity contribution is 7.80. The summed E-state index contributed by atoms with van der Waals surface area (Å²) in [5, 5.41) is 5.51. The second-order valence-electron chi connectivity index (χ2n) is 3.69. The van der Waals surface area contributed by atoms with Crippen LogP contribution < -0.4 is 16.4 Å². The van der Waals surface area contributed by atoms with E-state index in [1.807, 2.05) is 6.92 Å². The van der Waals surface area contributed by atoms with Gasteiger partial charge in [-0.05, 0) is 25.1 Å². The molecular weight excluding hydrogens is 253 g/mol. The maximum Gasteiger partial charge on any atom is 0.221 e. The number of thiocarbonyl (C=S) groups is 1. The summed E-state index contributed by atoms with van der Waals surface area (Å²) in [5.74, 6) is -0.499. The molecule has 0 radical (unpaired) electrons. The van der Waals surface area contributed by atoms with E-state index in [2.05, 4.69) is 10.6 Å². The maximum atomic E-state index is 13.6. The van der Waals surface area contributed by atoms with E-state index in [9.17, 15) is 9.18 Å². The monoisotopic (exact) mass is 269 g/mol. The molecular formula is C12H16FN3OS. The number of anilines is 1. The van der Waals surface area contributed by atoms with E-state index in [0.29, 0.717) is 30.8 Å². The van der Waals surface area contributed by atoms with Gasteiger partial charge in [-0.15, -0.1) is 0 Å². The van der Waals surface area contributed by atoms with Crippen molar-refractivity contribution < 1.29 is 9.18 Å². The summed E-state index contributed by atoms with van der Waals surface area (Å²) < 4.78 is 13.6. The molecule has 0 aliphatic heterocycles. The average Bonchev–Trinajstić information content (AvgIpc) is 2.31. The molecule has 0 saturated carbocycles. The van der Waals surface area contributed by atoms with Crippen molar-refractivity contribution in [1.29, 1.82) is 0 Å². The minimum absolute atomic E-state index is 0.0647. The molecule has 0 atom stereocenters. The molecule has 0 bridgehead atoms. The van der Waals surface area contributed by atoms with Crippen LogP contribution in [-0.2, 0) is 4.79 Å². The molecule has 6 heteroatoms. The first-order valence-electron chi connectivity index (χ1n) is 5.64. The van der Waals surface area contributed by atoms with Crippen LogP contribution in [0.15, 0.2) is 18.2 Å². The van der Waals surface area contributed by atoms with E-state index < -0.39 is 5.82 Å². The van der Waals surface area contributed by atoms with Crippen molar-refractivity contribution in [3.8, 4) is 0 Å². The summed E-state index contributed by atoms with van der Waals surface area (Å²) in [6.07, 6.45) is 0.296. The number of hydrogen-bond acceptors (Lipinski definition) is 3. The standard InChI is InChI=1S/C12H16FN3OS/c1-2-15-11(17)5-6-16-10-4-3-8(12(14)18)7-9(10)13/h3-4,7,16H,2,5-6H2,1H3,(H2,14,18)(H,15,17). The molecule has 98 valence electrons.